The Kier molecular flexibility index (Phi) is 9.51. The first kappa shape index (κ1) is 30.1. The second kappa shape index (κ2) is 12.3. The molecule has 0 saturated carbocycles. The Morgan fingerprint density at radius 1 is 1.03 bits per heavy atom. The lowest BCUT2D eigenvalue weighted by atomic mass is 9.92. The number of piperidine rings is 1. The summed E-state index contributed by atoms with van der Waals surface area (Å²) in [4.78, 5) is 29.3. The SMILES string of the molecule is C[C@@](O)(C(=O)N1CCC(N2CC(Nc3cc(Cl)c(C(=O)NCC(F)F)c(Cl)c3)C2)CC1)c1cc(Cl)cc(Cl)c1. The Hall–Kier alpha value is -1.88. The Labute approximate surface area is 245 Å². The Bertz CT molecular complexity index is 1190. The largest absolute Gasteiger partial charge is 0.380 e. The summed E-state index contributed by atoms with van der Waals surface area (Å²) in [6.45, 7) is 3.24. The van der Waals surface area contributed by atoms with E-state index in [1.54, 1.807) is 35.2 Å². The highest BCUT2D eigenvalue weighted by molar-refractivity contribution is 6.40. The predicted octanol–water partition coefficient (Wildman–Crippen LogP) is 5.29. The molecule has 0 spiro atoms. The Balaban J connectivity index is 1.27. The van der Waals surface area contributed by atoms with Crippen LogP contribution in [0.5, 0.6) is 0 Å². The number of rotatable bonds is 8. The van der Waals surface area contributed by atoms with Crippen LogP contribution in [0.25, 0.3) is 0 Å². The summed E-state index contributed by atoms with van der Waals surface area (Å²) in [6, 6.07) is 8.16. The number of halogens is 6. The number of hydrogen-bond acceptors (Lipinski definition) is 5. The van der Waals surface area contributed by atoms with Gasteiger partial charge in [0.1, 0.15) is 0 Å². The van der Waals surface area contributed by atoms with Crippen molar-refractivity contribution in [2.75, 3.05) is 38.0 Å². The lowest BCUT2D eigenvalue weighted by Gasteiger charge is -2.48. The van der Waals surface area contributed by atoms with Crippen LogP contribution in [0, 0.1) is 0 Å². The van der Waals surface area contributed by atoms with Crippen molar-refractivity contribution in [3.63, 3.8) is 0 Å². The molecule has 212 valence electrons. The first-order valence-corrected chi connectivity index (χ1v) is 13.9. The number of nitrogens with zero attached hydrogens (tertiary/aromatic N) is 2. The number of aliphatic hydroxyl groups is 1. The molecule has 0 unspecified atom stereocenters. The van der Waals surface area contributed by atoms with Gasteiger partial charge in [0.15, 0.2) is 5.60 Å². The maximum absolute atomic E-state index is 13.1. The second-order valence-electron chi connectivity index (χ2n) is 9.96. The fourth-order valence-corrected chi connectivity index (χ4v) is 6.15. The van der Waals surface area contributed by atoms with Crippen LogP contribution in [0.1, 0.15) is 35.7 Å². The van der Waals surface area contributed by atoms with Crippen LogP contribution in [0.4, 0.5) is 14.5 Å². The fourth-order valence-electron chi connectivity index (χ4n) is 4.97. The third-order valence-electron chi connectivity index (χ3n) is 7.08. The van der Waals surface area contributed by atoms with Crippen LogP contribution >= 0.6 is 46.4 Å². The van der Waals surface area contributed by atoms with Gasteiger partial charge in [0.25, 0.3) is 18.2 Å². The zero-order chi connectivity index (χ0) is 28.5. The van der Waals surface area contributed by atoms with Crippen LogP contribution in [-0.2, 0) is 10.4 Å². The molecule has 0 radical (unpaired) electrons. The molecule has 1 atom stereocenters. The molecule has 7 nitrogen and oxygen atoms in total. The molecule has 0 aromatic heterocycles. The highest BCUT2D eigenvalue weighted by Gasteiger charge is 2.40. The van der Waals surface area contributed by atoms with Crippen molar-refractivity contribution in [3.05, 3.63) is 61.5 Å². The third-order valence-corrected chi connectivity index (χ3v) is 8.11. The van der Waals surface area contributed by atoms with Crippen LogP contribution in [-0.4, -0.2) is 78.0 Å². The van der Waals surface area contributed by atoms with Crippen molar-refractivity contribution in [1.29, 1.82) is 0 Å². The maximum Gasteiger partial charge on any atom is 0.258 e. The molecular weight excluding hydrogens is 596 g/mol. The first-order chi connectivity index (χ1) is 18.3. The molecule has 2 aliphatic rings. The van der Waals surface area contributed by atoms with Gasteiger partial charge in [-0.2, -0.15) is 0 Å². The smallest absolute Gasteiger partial charge is 0.258 e. The van der Waals surface area contributed by atoms with E-state index >= 15 is 0 Å². The topological polar surface area (TPSA) is 84.9 Å². The molecule has 2 saturated heterocycles. The fraction of sp³-hybridized carbons (Fsp3) is 0.462. The number of nitrogens with one attached hydrogen (secondary N) is 2. The van der Waals surface area contributed by atoms with Crippen molar-refractivity contribution in [3.8, 4) is 0 Å². The van der Waals surface area contributed by atoms with Crippen molar-refractivity contribution in [1.82, 2.24) is 15.1 Å². The molecule has 2 aromatic rings. The number of carbonyl (C=O) groups excluding carboxylic acids is 2. The minimum Gasteiger partial charge on any atom is -0.380 e. The van der Waals surface area contributed by atoms with E-state index in [0.29, 0.717) is 40.4 Å². The number of benzene rings is 2. The molecule has 0 bridgehead atoms. The maximum atomic E-state index is 13.1. The van der Waals surface area contributed by atoms with E-state index in [-0.39, 0.29) is 27.6 Å². The summed E-state index contributed by atoms with van der Waals surface area (Å²) in [6.07, 6.45) is -1.14. The van der Waals surface area contributed by atoms with Gasteiger partial charge in [-0.1, -0.05) is 46.4 Å². The lowest BCUT2D eigenvalue weighted by Crippen LogP contribution is -2.61. The van der Waals surface area contributed by atoms with E-state index in [2.05, 4.69) is 15.5 Å². The zero-order valence-corrected chi connectivity index (χ0v) is 24.0. The van der Waals surface area contributed by atoms with Gasteiger partial charge < -0.3 is 20.6 Å². The number of hydrogen-bond donors (Lipinski definition) is 3. The highest BCUT2D eigenvalue weighted by atomic mass is 35.5. The molecular formula is C26H28Cl4F2N4O3. The average Bonchev–Trinajstić information content (AvgIpc) is 2.83. The summed E-state index contributed by atoms with van der Waals surface area (Å²) in [5.74, 6) is -1.14. The van der Waals surface area contributed by atoms with E-state index in [0.717, 1.165) is 25.9 Å². The van der Waals surface area contributed by atoms with Crippen LogP contribution < -0.4 is 10.6 Å². The number of alkyl halides is 2. The van der Waals surface area contributed by atoms with Crippen LogP contribution in [0.15, 0.2) is 30.3 Å². The van der Waals surface area contributed by atoms with Gasteiger partial charge in [0, 0.05) is 48.0 Å². The van der Waals surface area contributed by atoms with E-state index in [9.17, 15) is 23.5 Å². The number of likely N-dealkylation sites (tertiary alicyclic amines) is 2. The van der Waals surface area contributed by atoms with E-state index in [4.69, 9.17) is 46.4 Å². The molecule has 2 aromatic carbocycles. The van der Waals surface area contributed by atoms with Crippen molar-refractivity contribution in [2.45, 2.75) is 43.9 Å². The Morgan fingerprint density at radius 2 is 1.59 bits per heavy atom. The molecule has 4 rings (SSSR count). The molecule has 2 amide bonds. The number of carbonyl (C=O) groups is 2. The van der Waals surface area contributed by atoms with Crippen molar-refractivity contribution < 1.29 is 23.5 Å². The normalized spacial score (nSPS) is 18.5. The first-order valence-electron chi connectivity index (χ1n) is 12.4. The van der Waals surface area contributed by atoms with Crippen LogP contribution in [0.3, 0.4) is 0 Å². The molecule has 2 heterocycles. The molecule has 3 N–H and O–H groups in total. The highest BCUT2D eigenvalue weighted by Crippen LogP contribution is 2.33. The summed E-state index contributed by atoms with van der Waals surface area (Å²) in [7, 11) is 0. The molecule has 0 aliphatic carbocycles. The van der Waals surface area contributed by atoms with Crippen molar-refractivity contribution >= 4 is 63.9 Å². The molecule has 2 aliphatic heterocycles. The lowest BCUT2D eigenvalue weighted by molar-refractivity contribution is -0.152. The number of anilines is 1. The van der Waals surface area contributed by atoms with Gasteiger partial charge in [0.2, 0.25) is 0 Å². The molecule has 13 heteroatoms. The van der Waals surface area contributed by atoms with Gasteiger partial charge in [-0.25, -0.2) is 8.78 Å². The average molecular weight is 624 g/mol. The second-order valence-corrected chi connectivity index (χ2v) is 11.7. The Morgan fingerprint density at radius 3 is 2.13 bits per heavy atom. The van der Waals surface area contributed by atoms with Gasteiger partial charge >= 0.3 is 0 Å². The standard InChI is InChI=1S/C26H28Cl4F2N4O3/c1-26(39,14-6-15(27)8-16(28)7-14)25(38)35-4-2-19(3-5-35)36-12-18(13-36)34-17-9-20(29)23(21(30)10-17)24(37)33-11-22(31)32/h6-10,18-19,22,34,39H,2-5,11-13H2,1H3,(H,33,37)/t26-/m0/s1. The minimum atomic E-state index is -2.68. The van der Waals surface area contributed by atoms with Gasteiger partial charge in [0.05, 0.1) is 28.2 Å². The van der Waals surface area contributed by atoms with Gasteiger partial charge in [-0.15, -0.1) is 0 Å². The molecule has 2 fully saturated rings. The summed E-state index contributed by atoms with van der Waals surface area (Å²) in [5.41, 5.74) is -0.803. The van der Waals surface area contributed by atoms with E-state index in [1.165, 1.54) is 6.92 Å². The molecule has 39 heavy (non-hydrogen) atoms. The van der Waals surface area contributed by atoms with Gasteiger partial charge in [-0.05, 0) is 55.7 Å². The van der Waals surface area contributed by atoms with Gasteiger partial charge in [-0.3, -0.25) is 14.5 Å². The summed E-state index contributed by atoms with van der Waals surface area (Å²) in [5, 5.41) is 17.3. The summed E-state index contributed by atoms with van der Waals surface area (Å²) >= 11 is 24.6. The third kappa shape index (κ3) is 7.07. The van der Waals surface area contributed by atoms with Crippen molar-refractivity contribution in [2.24, 2.45) is 0 Å². The van der Waals surface area contributed by atoms with Crippen LogP contribution in [0.2, 0.25) is 20.1 Å². The minimum absolute atomic E-state index is 0.0430. The van der Waals surface area contributed by atoms with E-state index < -0.39 is 24.5 Å². The quantitative estimate of drug-likeness (QED) is 0.372. The zero-order valence-electron chi connectivity index (χ0n) is 21.0. The number of amides is 2. The summed E-state index contributed by atoms with van der Waals surface area (Å²) < 4.78 is 24.8. The predicted molar refractivity (Wildman–Crippen MR) is 149 cm³/mol. The van der Waals surface area contributed by atoms with E-state index in [1.807, 2.05) is 0 Å². The monoisotopic (exact) mass is 622 g/mol.